The molecule has 0 aliphatic carbocycles. The van der Waals surface area contributed by atoms with Crippen LogP contribution in [0.5, 0.6) is 5.75 Å². The van der Waals surface area contributed by atoms with Gasteiger partial charge in [0.1, 0.15) is 11.1 Å². The standard InChI is InChI=1S/C18H25ClN2O3/c1-3-24-16-6-4-14(5-7-16)12-17(22)21-10-8-15(9-11-21)20-18(23)13(2)19/h4-7,13,15H,3,8-12H2,1-2H3,(H,20,23). The molecule has 132 valence electrons. The molecule has 1 fully saturated rings. The van der Waals surface area contributed by atoms with E-state index in [9.17, 15) is 9.59 Å². The third-order valence-corrected chi connectivity index (χ3v) is 4.34. The number of ether oxygens (including phenoxy) is 1. The van der Waals surface area contributed by atoms with Crippen molar-refractivity contribution in [2.75, 3.05) is 19.7 Å². The Kier molecular flexibility index (Phi) is 6.91. The summed E-state index contributed by atoms with van der Waals surface area (Å²) in [5, 5.41) is 2.40. The number of rotatable bonds is 6. The number of benzene rings is 1. The van der Waals surface area contributed by atoms with Gasteiger partial charge in [0.2, 0.25) is 11.8 Å². The molecule has 2 amide bonds. The molecule has 1 aromatic carbocycles. The zero-order valence-electron chi connectivity index (χ0n) is 14.3. The van der Waals surface area contributed by atoms with Gasteiger partial charge in [0, 0.05) is 19.1 Å². The number of halogens is 1. The van der Waals surface area contributed by atoms with Crippen molar-refractivity contribution in [2.45, 2.75) is 44.5 Å². The second kappa shape index (κ2) is 8.92. The lowest BCUT2D eigenvalue weighted by molar-refractivity contribution is -0.131. The van der Waals surface area contributed by atoms with Crippen LogP contribution in [0.3, 0.4) is 0 Å². The minimum absolute atomic E-state index is 0.105. The molecule has 1 aromatic rings. The summed E-state index contributed by atoms with van der Waals surface area (Å²) < 4.78 is 5.40. The summed E-state index contributed by atoms with van der Waals surface area (Å²) in [5.41, 5.74) is 0.981. The van der Waals surface area contributed by atoms with E-state index in [0.29, 0.717) is 26.1 Å². The molecular formula is C18H25ClN2O3. The first-order chi connectivity index (χ1) is 11.5. The average Bonchev–Trinajstić information content (AvgIpc) is 2.57. The minimum Gasteiger partial charge on any atom is -0.494 e. The maximum Gasteiger partial charge on any atom is 0.237 e. The van der Waals surface area contributed by atoms with Crippen molar-refractivity contribution < 1.29 is 14.3 Å². The summed E-state index contributed by atoms with van der Waals surface area (Å²) in [4.78, 5) is 25.9. The number of piperidine rings is 1. The monoisotopic (exact) mass is 352 g/mol. The van der Waals surface area contributed by atoms with E-state index < -0.39 is 5.38 Å². The van der Waals surface area contributed by atoms with Gasteiger partial charge in [0.25, 0.3) is 0 Å². The molecule has 5 nitrogen and oxygen atoms in total. The van der Waals surface area contributed by atoms with Crippen molar-refractivity contribution in [2.24, 2.45) is 0 Å². The van der Waals surface area contributed by atoms with Gasteiger partial charge in [-0.15, -0.1) is 11.6 Å². The lowest BCUT2D eigenvalue weighted by Gasteiger charge is -2.32. The summed E-state index contributed by atoms with van der Waals surface area (Å²) in [5.74, 6) is 0.796. The third kappa shape index (κ3) is 5.41. The van der Waals surface area contributed by atoms with Crippen molar-refractivity contribution >= 4 is 23.4 Å². The van der Waals surface area contributed by atoms with Crippen LogP contribution in [0.15, 0.2) is 24.3 Å². The molecule has 2 rings (SSSR count). The van der Waals surface area contributed by atoms with Gasteiger partial charge in [-0.3, -0.25) is 9.59 Å². The topological polar surface area (TPSA) is 58.6 Å². The predicted molar refractivity (Wildman–Crippen MR) is 94.4 cm³/mol. The largest absolute Gasteiger partial charge is 0.494 e. The van der Waals surface area contributed by atoms with Crippen LogP contribution in [0.1, 0.15) is 32.3 Å². The van der Waals surface area contributed by atoms with E-state index in [-0.39, 0.29) is 17.9 Å². The number of nitrogens with one attached hydrogen (secondary N) is 1. The van der Waals surface area contributed by atoms with Crippen molar-refractivity contribution in [3.8, 4) is 5.75 Å². The lowest BCUT2D eigenvalue weighted by atomic mass is 10.0. The van der Waals surface area contributed by atoms with E-state index in [1.54, 1.807) is 6.92 Å². The Hall–Kier alpha value is -1.75. The lowest BCUT2D eigenvalue weighted by Crippen LogP contribution is -2.48. The van der Waals surface area contributed by atoms with Crippen LogP contribution in [0, 0.1) is 0 Å². The van der Waals surface area contributed by atoms with Crippen LogP contribution in [0.2, 0.25) is 0 Å². The maximum absolute atomic E-state index is 12.4. The summed E-state index contributed by atoms with van der Waals surface area (Å²) in [6.45, 7) is 5.56. The molecule has 24 heavy (non-hydrogen) atoms. The Labute approximate surface area is 148 Å². The van der Waals surface area contributed by atoms with Crippen LogP contribution >= 0.6 is 11.6 Å². The van der Waals surface area contributed by atoms with E-state index >= 15 is 0 Å². The van der Waals surface area contributed by atoms with Crippen LogP contribution < -0.4 is 10.1 Å². The third-order valence-electron chi connectivity index (χ3n) is 4.15. The summed E-state index contributed by atoms with van der Waals surface area (Å²) >= 11 is 5.76. The van der Waals surface area contributed by atoms with E-state index in [2.05, 4.69) is 5.32 Å². The van der Waals surface area contributed by atoms with Crippen molar-refractivity contribution in [1.29, 1.82) is 0 Å². The first-order valence-electron chi connectivity index (χ1n) is 8.43. The molecule has 1 atom stereocenters. The van der Waals surface area contributed by atoms with E-state index in [1.807, 2.05) is 36.1 Å². The average molecular weight is 353 g/mol. The van der Waals surface area contributed by atoms with E-state index in [4.69, 9.17) is 16.3 Å². The maximum atomic E-state index is 12.4. The molecule has 1 aliphatic rings. The van der Waals surface area contributed by atoms with Crippen molar-refractivity contribution in [1.82, 2.24) is 10.2 Å². The number of nitrogens with zero attached hydrogens (tertiary/aromatic N) is 1. The highest BCUT2D eigenvalue weighted by molar-refractivity contribution is 6.30. The number of alkyl halides is 1. The van der Waals surface area contributed by atoms with Gasteiger partial charge in [-0.05, 0) is 44.4 Å². The summed E-state index contributed by atoms with van der Waals surface area (Å²) in [6.07, 6.45) is 1.93. The first kappa shape index (κ1) is 18.6. The highest BCUT2D eigenvalue weighted by Gasteiger charge is 2.24. The fourth-order valence-corrected chi connectivity index (χ4v) is 2.81. The van der Waals surface area contributed by atoms with E-state index in [0.717, 1.165) is 24.2 Å². The Morgan fingerprint density at radius 3 is 2.46 bits per heavy atom. The number of hydrogen-bond donors (Lipinski definition) is 1. The van der Waals surface area contributed by atoms with Crippen LogP contribution in [-0.2, 0) is 16.0 Å². The SMILES string of the molecule is CCOc1ccc(CC(=O)N2CCC(NC(=O)C(C)Cl)CC2)cc1. The summed E-state index contributed by atoms with van der Waals surface area (Å²) in [6, 6.07) is 7.74. The zero-order chi connectivity index (χ0) is 17.5. The smallest absolute Gasteiger partial charge is 0.237 e. The highest BCUT2D eigenvalue weighted by atomic mass is 35.5. The van der Waals surface area contributed by atoms with Crippen LogP contribution in [-0.4, -0.2) is 47.8 Å². The van der Waals surface area contributed by atoms with Crippen molar-refractivity contribution in [3.05, 3.63) is 29.8 Å². The van der Waals surface area contributed by atoms with Crippen molar-refractivity contribution in [3.63, 3.8) is 0 Å². The quantitative estimate of drug-likeness (QED) is 0.799. The van der Waals surface area contributed by atoms with Gasteiger partial charge < -0.3 is 15.0 Å². The molecule has 0 aromatic heterocycles. The van der Waals surface area contributed by atoms with Gasteiger partial charge >= 0.3 is 0 Å². The normalized spacial score (nSPS) is 16.5. The number of carbonyl (C=O) groups excluding carboxylic acids is 2. The van der Waals surface area contributed by atoms with Gasteiger partial charge in [-0.25, -0.2) is 0 Å². The van der Waals surface area contributed by atoms with Crippen LogP contribution in [0.4, 0.5) is 0 Å². The van der Waals surface area contributed by atoms with Gasteiger partial charge in [-0.2, -0.15) is 0 Å². The molecule has 1 heterocycles. The molecule has 1 N–H and O–H groups in total. The Morgan fingerprint density at radius 2 is 1.92 bits per heavy atom. The minimum atomic E-state index is -0.524. The molecule has 0 bridgehead atoms. The highest BCUT2D eigenvalue weighted by Crippen LogP contribution is 2.16. The number of amides is 2. The fourth-order valence-electron chi connectivity index (χ4n) is 2.75. The molecule has 6 heteroatoms. The van der Waals surface area contributed by atoms with Gasteiger partial charge in [0.05, 0.1) is 13.0 Å². The number of carbonyl (C=O) groups is 2. The number of hydrogen-bond acceptors (Lipinski definition) is 3. The predicted octanol–water partition coefficient (Wildman–Crippen LogP) is 2.36. The van der Waals surface area contributed by atoms with Crippen LogP contribution in [0.25, 0.3) is 0 Å². The molecule has 0 radical (unpaired) electrons. The molecule has 0 saturated carbocycles. The molecule has 1 aliphatic heterocycles. The Morgan fingerprint density at radius 1 is 1.29 bits per heavy atom. The second-order valence-electron chi connectivity index (χ2n) is 6.03. The molecular weight excluding hydrogens is 328 g/mol. The van der Waals surface area contributed by atoms with Gasteiger partial charge in [0.15, 0.2) is 0 Å². The zero-order valence-corrected chi connectivity index (χ0v) is 15.0. The Bertz CT molecular complexity index is 552. The first-order valence-corrected chi connectivity index (χ1v) is 8.87. The van der Waals surface area contributed by atoms with Gasteiger partial charge in [-0.1, -0.05) is 12.1 Å². The summed E-state index contributed by atoms with van der Waals surface area (Å²) in [7, 11) is 0. The van der Waals surface area contributed by atoms with E-state index in [1.165, 1.54) is 0 Å². The Balaban J connectivity index is 1.79. The fraction of sp³-hybridized carbons (Fsp3) is 0.556. The molecule has 1 saturated heterocycles. The number of likely N-dealkylation sites (tertiary alicyclic amines) is 1. The second-order valence-corrected chi connectivity index (χ2v) is 6.69. The molecule has 0 spiro atoms. The molecule has 1 unspecified atom stereocenters.